The van der Waals surface area contributed by atoms with Gasteiger partial charge in [0.2, 0.25) is 0 Å². The number of hydrogen-bond acceptors (Lipinski definition) is 2. The van der Waals surface area contributed by atoms with Crippen molar-refractivity contribution < 1.29 is 4.79 Å². The van der Waals surface area contributed by atoms with Crippen LogP contribution in [-0.4, -0.2) is 31.3 Å². The van der Waals surface area contributed by atoms with Crippen LogP contribution in [0.5, 0.6) is 0 Å². The van der Waals surface area contributed by atoms with Crippen LogP contribution in [0.2, 0.25) is 10.0 Å². The number of nitrogens with zero attached hydrogens (tertiary/aromatic N) is 1. The topological polar surface area (TPSA) is 20.3 Å². The van der Waals surface area contributed by atoms with Crippen LogP contribution in [0.3, 0.4) is 0 Å². The predicted octanol–water partition coefficient (Wildman–Crippen LogP) is 3.78. The van der Waals surface area contributed by atoms with E-state index in [9.17, 15) is 4.79 Å². The quantitative estimate of drug-likeness (QED) is 0.742. The molecule has 0 heterocycles. The minimum absolute atomic E-state index is 0.151. The Morgan fingerprint density at radius 2 is 2.06 bits per heavy atom. The number of Topliss-reactive ketones (excluding diaryl/α,β-unsaturated/α-hetero) is 1. The Morgan fingerprint density at radius 3 is 2.56 bits per heavy atom. The highest BCUT2D eigenvalue weighted by Gasteiger charge is 2.20. The van der Waals surface area contributed by atoms with E-state index in [4.69, 9.17) is 23.2 Å². The van der Waals surface area contributed by atoms with Crippen LogP contribution in [0.1, 0.15) is 17.9 Å². The molecule has 0 fully saturated rings. The molecule has 0 saturated carbocycles. The third-order valence-corrected chi connectivity index (χ3v) is 3.35. The first-order valence-electron chi connectivity index (χ1n) is 5.69. The van der Waals surface area contributed by atoms with Crippen molar-refractivity contribution in [2.24, 2.45) is 0 Å². The predicted molar refractivity (Wildman–Crippen MR) is 77.6 cm³/mol. The molecule has 18 heavy (non-hydrogen) atoms. The number of benzene rings is 1. The number of hydrogen-bond donors (Lipinski definition) is 0. The molecule has 0 bridgehead atoms. The van der Waals surface area contributed by atoms with E-state index in [-0.39, 0.29) is 11.7 Å². The lowest BCUT2D eigenvalue weighted by atomic mass is 9.91. The lowest BCUT2D eigenvalue weighted by molar-refractivity contribution is -0.121. The zero-order valence-corrected chi connectivity index (χ0v) is 12.1. The molecule has 1 aromatic rings. The third-order valence-electron chi connectivity index (χ3n) is 2.61. The van der Waals surface area contributed by atoms with Crippen molar-refractivity contribution >= 4 is 29.0 Å². The lowest BCUT2D eigenvalue weighted by Gasteiger charge is -2.17. The molecule has 1 atom stereocenters. The summed E-state index contributed by atoms with van der Waals surface area (Å²) in [5, 5.41) is 0.971. The first-order valence-corrected chi connectivity index (χ1v) is 6.44. The Kier molecular flexibility index (Phi) is 5.86. The fourth-order valence-corrected chi connectivity index (χ4v) is 2.08. The summed E-state index contributed by atoms with van der Waals surface area (Å²) in [4.78, 5) is 14.0. The maximum atomic E-state index is 12.2. The van der Waals surface area contributed by atoms with Gasteiger partial charge in [0.1, 0.15) is 0 Å². The summed E-state index contributed by atoms with van der Waals surface area (Å²) in [6.45, 7) is 4.10. The molecule has 1 unspecified atom stereocenters. The SMILES string of the molecule is C=CCC(C(=O)CN(C)C)c1ccc(Cl)c(Cl)c1. The second kappa shape index (κ2) is 6.93. The van der Waals surface area contributed by atoms with Gasteiger partial charge in [-0.3, -0.25) is 4.79 Å². The van der Waals surface area contributed by atoms with E-state index in [1.807, 2.05) is 25.1 Å². The smallest absolute Gasteiger partial charge is 0.154 e. The molecule has 1 rings (SSSR count). The van der Waals surface area contributed by atoms with E-state index in [1.165, 1.54) is 0 Å². The molecule has 1 aromatic carbocycles. The zero-order chi connectivity index (χ0) is 13.7. The Bertz CT molecular complexity index is 443. The Hall–Kier alpha value is -0.830. The minimum atomic E-state index is -0.209. The van der Waals surface area contributed by atoms with Crippen LogP contribution >= 0.6 is 23.2 Å². The van der Waals surface area contributed by atoms with Crippen molar-refractivity contribution in [1.29, 1.82) is 0 Å². The van der Waals surface area contributed by atoms with E-state index >= 15 is 0 Å². The second-order valence-electron chi connectivity index (χ2n) is 4.45. The van der Waals surface area contributed by atoms with Crippen molar-refractivity contribution in [2.75, 3.05) is 20.6 Å². The molecular formula is C14H17Cl2NO. The van der Waals surface area contributed by atoms with E-state index < -0.39 is 0 Å². The summed E-state index contributed by atoms with van der Waals surface area (Å²) >= 11 is 11.9. The molecule has 0 N–H and O–H groups in total. The van der Waals surface area contributed by atoms with E-state index in [1.54, 1.807) is 18.2 Å². The van der Waals surface area contributed by atoms with Gasteiger partial charge in [-0.05, 0) is 38.2 Å². The van der Waals surface area contributed by atoms with Gasteiger partial charge < -0.3 is 4.90 Å². The van der Waals surface area contributed by atoms with Crippen molar-refractivity contribution in [3.8, 4) is 0 Å². The number of allylic oxidation sites excluding steroid dienone is 1. The lowest BCUT2D eigenvalue weighted by Crippen LogP contribution is -2.26. The maximum Gasteiger partial charge on any atom is 0.154 e. The maximum absolute atomic E-state index is 12.2. The fraction of sp³-hybridized carbons (Fsp3) is 0.357. The Labute approximate surface area is 118 Å². The number of rotatable bonds is 6. The summed E-state index contributed by atoms with van der Waals surface area (Å²) in [5.41, 5.74) is 0.885. The number of carbonyl (C=O) groups excluding carboxylic acids is 1. The van der Waals surface area contributed by atoms with Crippen LogP contribution in [0, 0.1) is 0 Å². The van der Waals surface area contributed by atoms with Crippen LogP contribution in [0.25, 0.3) is 0 Å². The average Bonchev–Trinajstić information content (AvgIpc) is 2.29. The van der Waals surface area contributed by atoms with E-state index in [2.05, 4.69) is 6.58 Å². The van der Waals surface area contributed by atoms with E-state index in [0.29, 0.717) is 23.0 Å². The van der Waals surface area contributed by atoms with Gasteiger partial charge >= 0.3 is 0 Å². The normalized spacial score (nSPS) is 12.5. The molecule has 0 spiro atoms. The molecule has 0 aliphatic carbocycles. The number of carbonyl (C=O) groups is 1. The molecule has 0 radical (unpaired) electrons. The largest absolute Gasteiger partial charge is 0.302 e. The van der Waals surface area contributed by atoms with Crippen molar-refractivity contribution in [3.63, 3.8) is 0 Å². The number of likely N-dealkylation sites (N-methyl/N-ethyl adjacent to an activating group) is 1. The van der Waals surface area contributed by atoms with Gasteiger partial charge in [0.15, 0.2) is 5.78 Å². The summed E-state index contributed by atoms with van der Waals surface area (Å²) in [7, 11) is 3.75. The summed E-state index contributed by atoms with van der Waals surface area (Å²) < 4.78 is 0. The van der Waals surface area contributed by atoms with E-state index in [0.717, 1.165) is 5.56 Å². The zero-order valence-electron chi connectivity index (χ0n) is 10.6. The van der Waals surface area contributed by atoms with Crippen molar-refractivity contribution in [2.45, 2.75) is 12.3 Å². The van der Waals surface area contributed by atoms with Crippen LogP contribution in [0.15, 0.2) is 30.9 Å². The van der Waals surface area contributed by atoms with Gasteiger partial charge in [-0.25, -0.2) is 0 Å². The highest BCUT2D eigenvalue weighted by atomic mass is 35.5. The molecule has 0 aliphatic rings. The average molecular weight is 286 g/mol. The second-order valence-corrected chi connectivity index (χ2v) is 5.27. The Morgan fingerprint density at radius 1 is 1.39 bits per heavy atom. The molecule has 4 heteroatoms. The van der Waals surface area contributed by atoms with Gasteiger partial charge in [-0.2, -0.15) is 0 Å². The third kappa shape index (κ3) is 4.13. The Balaban J connectivity index is 2.99. The van der Waals surface area contributed by atoms with Gasteiger partial charge in [0, 0.05) is 5.92 Å². The molecule has 0 aromatic heterocycles. The number of halogens is 2. The van der Waals surface area contributed by atoms with Crippen molar-refractivity contribution in [3.05, 3.63) is 46.5 Å². The fourth-order valence-electron chi connectivity index (χ4n) is 1.77. The first-order chi connectivity index (χ1) is 8.45. The molecule has 0 amide bonds. The van der Waals surface area contributed by atoms with Crippen LogP contribution < -0.4 is 0 Å². The summed E-state index contributed by atoms with van der Waals surface area (Å²) in [6.07, 6.45) is 2.35. The molecule has 2 nitrogen and oxygen atoms in total. The molecule has 98 valence electrons. The van der Waals surface area contributed by atoms with Gasteiger partial charge in [0.05, 0.1) is 16.6 Å². The standard InChI is InChI=1S/C14H17Cl2NO/c1-4-5-11(14(18)9-17(2)3)10-6-7-12(15)13(16)8-10/h4,6-8,11H,1,5,9H2,2-3H3. The van der Waals surface area contributed by atoms with Gasteiger partial charge in [-0.15, -0.1) is 6.58 Å². The molecule has 0 saturated heterocycles. The first kappa shape index (κ1) is 15.2. The number of ketones is 1. The molecule has 0 aliphatic heterocycles. The van der Waals surface area contributed by atoms with Crippen LogP contribution in [-0.2, 0) is 4.79 Å². The summed E-state index contributed by atoms with van der Waals surface area (Å²) in [6, 6.07) is 5.32. The monoisotopic (exact) mass is 285 g/mol. The van der Waals surface area contributed by atoms with Gasteiger partial charge in [-0.1, -0.05) is 35.3 Å². The van der Waals surface area contributed by atoms with Gasteiger partial charge in [0.25, 0.3) is 0 Å². The van der Waals surface area contributed by atoms with Crippen molar-refractivity contribution in [1.82, 2.24) is 4.90 Å². The molecular weight excluding hydrogens is 269 g/mol. The van der Waals surface area contributed by atoms with Crippen LogP contribution in [0.4, 0.5) is 0 Å². The minimum Gasteiger partial charge on any atom is -0.302 e. The highest BCUT2D eigenvalue weighted by Crippen LogP contribution is 2.29. The highest BCUT2D eigenvalue weighted by molar-refractivity contribution is 6.42. The summed E-state index contributed by atoms with van der Waals surface area (Å²) in [5.74, 6) is -0.0574.